The van der Waals surface area contributed by atoms with Crippen molar-refractivity contribution < 1.29 is 45.8 Å². The largest absolute Gasteiger partial charge is 3.00 e. The molecule has 0 aliphatic carbocycles. The van der Waals surface area contributed by atoms with E-state index in [0.29, 0.717) is 19.3 Å². The van der Waals surface area contributed by atoms with E-state index >= 15 is 0 Å². The van der Waals surface area contributed by atoms with Crippen molar-refractivity contribution in [3.8, 4) is 0 Å². The molecule has 10 heteroatoms. The first-order valence-electron chi connectivity index (χ1n) is 22.3. The number of Topliss-reactive ketones (excluding diaryl/α,β-unsaturated/α-hetero) is 3. The number of carbonyl (C=O) groups excluding carboxylic acids is 6. The second-order valence-electron chi connectivity index (χ2n) is 14.7. The Labute approximate surface area is 350 Å². The average Bonchev–Trinajstić information content (AvgIpc) is 3.15. The van der Waals surface area contributed by atoms with Gasteiger partial charge >= 0.3 is 17.1 Å². The fraction of sp³-hybridized carbons (Fsp3) is 0.867. The minimum atomic E-state index is 0. The van der Waals surface area contributed by atoms with Crippen molar-refractivity contribution in [1.82, 2.24) is 14.7 Å². The molecule has 3 amide bonds. The van der Waals surface area contributed by atoms with E-state index in [1.54, 1.807) is 0 Å². The standard InChI is InChI=1S/3C15H29NO2.Fe/c3*1-4-7-10-14(17)13-15(18)16(11-8-5-2)12-9-6-3;/h3*4-13H2,1-3H3;/q;;;+3. The Morgan fingerprint density at radius 1 is 0.291 bits per heavy atom. The van der Waals surface area contributed by atoms with Gasteiger partial charge in [0.1, 0.15) is 17.3 Å². The fourth-order valence-electron chi connectivity index (χ4n) is 5.41. The van der Waals surface area contributed by atoms with Crippen molar-refractivity contribution in [3.05, 3.63) is 0 Å². The summed E-state index contributed by atoms with van der Waals surface area (Å²) in [6, 6.07) is 0. The molecule has 0 unspecified atom stereocenters. The zero-order chi connectivity index (χ0) is 41.4. The van der Waals surface area contributed by atoms with E-state index in [0.717, 1.165) is 155 Å². The second-order valence-corrected chi connectivity index (χ2v) is 14.7. The molecule has 0 aliphatic heterocycles. The summed E-state index contributed by atoms with van der Waals surface area (Å²) in [6.07, 6.45) is 20.4. The Hall–Kier alpha value is -2.06. The average molecular weight is 822 g/mol. The molecule has 0 saturated heterocycles. The quantitative estimate of drug-likeness (QED) is 0.0481. The van der Waals surface area contributed by atoms with Gasteiger partial charge < -0.3 is 14.7 Å². The van der Waals surface area contributed by atoms with E-state index in [9.17, 15) is 28.8 Å². The van der Waals surface area contributed by atoms with Crippen LogP contribution in [0.1, 0.15) is 216 Å². The van der Waals surface area contributed by atoms with E-state index in [-0.39, 0.29) is 71.4 Å². The number of carbonyl (C=O) groups is 6. The molecule has 0 rings (SSSR count). The van der Waals surface area contributed by atoms with Crippen LogP contribution >= 0.6 is 0 Å². The summed E-state index contributed by atoms with van der Waals surface area (Å²) in [7, 11) is 0. The summed E-state index contributed by atoms with van der Waals surface area (Å²) in [4.78, 5) is 76.6. The normalized spacial score (nSPS) is 10.2. The Balaban J connectivity index is -0.000000351. The zero-order valence-electron chi connectivity index (χ0n) is 37.4. The van der Waals surface area contributed by atoms with Gasteiger partial charge in [0.25, 0.3) is 0 Å². The number of hydrogen-bond acceptors (Lipinski definition) is 6. The predicted octanol–water partition coefficient (Wildman–Crippen LogP) is 10.7. The first-order chi connectivity index (χ1) is 26.0. The number of nitrogens with zero attached hydrogens (tertiary/aromatic N) is 3. The smallest absolute Gasteiger partial charge is 0.342 e. The molecule has 0 aromatic heterocycles. The van der Waals surface area contributed by atoms with Gasteiger partial charge in [0.05, 0.1) is 19.3 Å². The van der Waals surface area contributed by atoms with Crippen molar-refractivity contribution in [2.24, 2.45) is 0 Å². The topological polar surface area (TPSA) is 112 Å². The van der Waals surface area contributed by atoms with Crippen molar-refractivity contribution in [2.75, 3.05) is 39.3 Å². The minimum absolute atomic E-state index is 0. The van der Waals surface area contributed by atoms with E-state index in [2.05, 4.69) is 62.3 Å². The fourth-order valence-corrected chi connectivity index (χ4v) is 5.41. The predicted molar refractivity (Wildman–Crippen MR) is 227 cm³/mol. The first kappa shape index (κ1) is 59.6. The number of unbranched alkanes of at least 4 members (excludes halogenated alkanes) is 9. The maximum atomic E-state index is 12.0. The van der Waals surface area contributed by atoms with Gasteiger partial charge in [0.2, 0.25) is 17.7 Å². The van der Waals surface area contributed by atoms with Crippen LogP contribution in [0.25, 0.3) is 0 Å². The molecule has 55 heavy (non-hydrogen) atoms. The third-order valence-corrected chi connectivity index (χ3v) is 9.22. The molecular formula is C45H87FeN3O6+3. The van der Waals surface area contributed by atoms with E-state index < -0.39 is 0 Å². The summed E-state index contributed by atoms with van der Waals surface area (Å²) in [5.41, 5.74) is 0. The van der Waals surface area contributed by atoms with Crippen LogP contribution in [0, 0.1) is 0 Å². The van der Waals surface area contributed by atoms with Crippen LogP contribution in [0.15, 0.2) is 0 Å². The summed E-state index contributed by atoms with van der Waals surface area (Å²) in [5, 5.41) is 0. The molecule has 0 atom stereocenters. The van der Waals surface area contributed by atoms with Crippen LogP contribution in [0.2, 0.25) is 0 Å². The van der Waals surface area contributed by atoms with Crippen LogP contribution in [0.5, 0.6) is 0 Å². The molecule has 0 heterocycles. The van der Waals surface area contributed by atoms with Gasteiger partial charge in [0.15, 0.2) is 0 Å². The summed E-state index contributed by atoms with van der Waals surface area (Å²) in [5.74, 6) is 0.369. The molecule has 1 radical (unpaired) electrons. The third-order valence-electron chi connectivity index (χ3n) is 9.22. The molecule has 323 valence electrons. The van der Waals surface area contributed by atoms with E-state index in [1.807, 2.05) is 14.7 Å². The van der Waals surface area contributed by atoms with Crippen molar-refractivity contribution in [1.29, 1.82) is 0 Å². The molecule has 0 N–H and O–H groups in total. The van der Waals surface area contributed by atoms with E-state index in [4.69, 9.17) is 0 Å². The molecule has 0 spiro atoms. The van der Waals surface area contributed by atoms with E-state index in [1.165, 1.54) is 0 Å². The van der Waals surface area contributed by atoms with Gasteiger partial charge in [-0.25, -0.2) is 0 Å². The van der Waals surface area contributed by atoms with Gasteiger partial charge in [-0.05, 0) is 57.8 Å². The summed E-state index contributed by atoms with van der Waals surface area (Å²) < 4.78 is 0. The van der Waals surface area contributed by atoms with Crippen LogP contribution in [-0.2, 0) is 45.8 Å². The van der Waals surface area contributed by atoms with Crippen LogP contribution in [0.4, 0.5) is 0 Å². The molecule has 0 saturated carbocycles. The molecule has 0 fully saturated rings. The maximum absolute atomic E-state index is 12.0. The third kappa shape index (κ3) is 38.6. The molecular weight excluding hydrogens is 734 g/mol. The number of hydrogen-bond donors (Lipinski definition) is 0. The Morgan fingerprint density at radius 2 is 0.455 bits per heavy atom. The molecule has 0 aromatic rings. The Morgan fingerprint density at radius 3 is 0.600 bits per heavy atom. The van der Waals surface area contributed by atoms with Crippen molar-refractivity contribution in [3.63, 3.8) is 0 Å². The summed E-state index contributed by atoms with van der Waals surface area (Å²) in [6.45, 7) is 23.7. The van der Waals surface area contributed by atoms with Gasteiger partial charge in [-0.1, -0.05) is 120 Å². The van der Waals surface area contributed by atoms with Crippen LogP contribution in [0.3, 0.4) is 0 Å². The van der Waals surface area contributed by atoms with Crippen LogP contribution < -0.4 is 0 Å². The minimum Gasteiger partial charge on any atom is -0.342 e. The number of amides is 3. The van der Waals surface area contributed by atoms with Crippen molar-refractivity contribution >= 4 is 35.1 Å². The van der Waals surface area contributed by atoms with Gasteiger partial charge in [-0.15, -0.1) is 0 Å². The van der Waals surface area contributed by atoms with Crippen molar-refractivity contribution in [2.45, 2.75) is 216 Å². The maximum Gasteiger partial charge on any atom is 3.00 e. The molecule has 9 nitrogen and oxygen atoms in total. The summed E-state index contributed by atoms with van der Waals surface area (Å²) >= 11 is 0. The molecule has 0 bridgehead atoms. The first-order valence-corrected chi connectivity index (χ1v) is 22.3. The van der Waals surface area contributed by atoms with Gasteiger partial charge in [-0.3, -0.25) is 28.8 Å². The number of ketones is 3. The Kier molecular flexibility index (Phi) is 48.4. The van der Waals surface area contributed by atoms with Gasteiger partial charge in [-0.2, -0.15) is 0 Å². The van der Waals surface area contributed by atoms with Crippen LogP contribution in [-0.4, -0.2) is 89.0 Å². The second kappa shape index (κ2) is 44.7. The zero-order valence-corrected chi connectivity index (χ0v) is 38.5. The molecule has 0 aliphatic rings. The monoisotopic (exact) mass is 822 g/mol. The van der Waals surface area contributed by atoms with Gasteiger partial charge in [0, 0.05) is 58.5 Å². The number of rotatable bonds is 33. The molecule has 0 aromatic carbocycles. The SMILES string of the molecule is CCCCC(=O)CC(=O)N(CCCC)CCCC.CCCCC(=O)CC(=O)N(CCCC)CCCC.CCCCC(=O)CC(=O)N(CCCC)CCCC.[Fe+3]. The Bertz CT molecular complexity index is 818.